The molecule has 0 fully saturated rings. The summed E-state index contributed by atoms with van der Waals surface area (Å²) in [4.78, 5) is 1.30. The molecule has 0 spiro atoms. The average molecular weight is 300 g/mol. The van der Waals surface area contributed by atoms with Crippen molar-refractivity contribution in [3.8, 4) is 5.75 Å². The third-order valence-corrected chi connectivity index (χ3v) is 4.85. The molecule has 0 aromatic heterocycles. The molecule has 0 aliphatic carbocycles. The van der Waals surface area contributed by atoms with Gasteiger partial charge in [0.2, 0.25) is 0 Å². The van der Waals surface area contributed by atoms with Gasteiger partial charge in [-0.1, -0.05) is 50.6 Å². The maximum absolute atomic E-state index is 5.71. The highest BCUT2D eigenvalue weighted by Gasteiger charge is 2.10. The molecule has 0 saturated carbocycles. The van der Waals surface area contributed by atoms with Crippen molar-refractivity contribution in [3.05, 3.63) is 60.2 Å². The molecule has 0 aliphatic rings. The molecule has 0 radical (unpaired) electrons. The zero-order valence-electron chi connectivity index (χ0n) is 12.9. The van der Waals surface area contributed by atoms with E-state index in [0.29, 0.717) is 5.25 Å². The van der Waals surface area contributed by atoms with Crippen molar-refractivity contribution in [3.63, 3.8) is 0 Å². The Morgan fingerprint density at radius 3 is 2.29 bits per heavy atom. The van der Waals surface area contributed by atoms with Crippen LogP contribution in [0.3, 0.4) is 0 Å². The van der Waals surface area contributed by atoms with Crippen molar-refractivity contribution in [2.45, 2.75) is 43.3 Å². The molecule has 2 rings (SSSR count). The lowest BCUT2D eigenvalue weighted by molar-refractivity contribution is 0.309. The highest BCUT2D eigenvalue weighted by molar-refractivity contribution is 7.99. The molecule has 2 aromatic rings. The van der Waals surface area contributed by atoms with E-state index in [0.717, 1.165) is 25.2 Å². The first kappa shape index (κ1) is 16.0. The Labute approximate surface area is 132 Å². The molecular formula is C19H24OS. The van der Waals surface area contributed by atoms with E-state index in [2.05, 4.69) is 68.4 Å². The lowest BCUT2D eigenvalue weighted by Gasteiger charge is -2.15. The number of benzene rings is 2. The van der Waals surface area contributed by atoms with Crippen molar-refractivity contribution in [1.82, 2.24) is 0 Å². The Morgan fingerprint density at radius 2 is 1.67 bits per heavy atom. The summed E-state index contributed by atoms with van der Waals surface area (Å²) in [7, 11) is 0. The molecule has 0 saturated heterocycles. The van der Waals surface area contributed by atoms with E-state index in [1.54, 1.807) is 0 Å². The molecule has 112 valence electrons. The minimum atomic E-state index is 0.512. The smallest absolute Gasteiger partial charge is 0.119 e. The molecule has 2 aromatic carbocycles. The van der Waals surface area contributed by atoms with Crippen LogP contribution in [0.5, 0.6) is 5.75 Å². The summed E-state index contributed by atoms with van der Waals surface area (Å²) in [6.45, 7) is 5.23. The third-order valence-electron chi connectivity index (χ3n) is 3.41. The number of unbranched alkanes of at least 4 members (excludes halogenated alkanes) is 1. The number of ether oxygens (including phenoxy) is 1. The molecule has 0 N–H and O–H groups in total. The fraction of sp³-hybridized carbons (Fsp3) is 0.368. The summed E-state index contributed by atoms with van der Waals surface area (Å²) in [5.41, 5.74) is 1.40. The molecule has 21 heavy (non-hydrogen) atoms. The minimum Gasteiger partial charge on any atom is -0.494 e. The lowest BCUT2D eigenvalue weighted by Crippen LogP contribution is -1.96. The SMILES string of the molecule is CCCCOc1ccc(SC(CC)c2ccccc2)cc1. The molecule has 1 unspecified atom stereocenters. The second kappa shape index (κ2) is 8.78. The second-order valence-electron chi connectivity index (χ2n) is 5.10. The topological polar surface area (TPSA) is 9.23 Å². The zero-order valence-corrected chi connectivity index (χ0v) is 13.7. The van der Waals surface area contributed by atoms with Crippen LogP contribution in [0.15, 0.2) is 59.5 Å². The van der Waals surface area contributed by atoms with Gasteiger partial charge in [0.1, 0.15) is 5.75 Å². The van der Waals surface area contributed by atoms with Crippen LogP contribution < -0.4 is 4.74 Å². The van der Waals surface area contributed by atoms with E-state index < -0.39 is 0 Å². The lowest BCUT2D eigenvalue weighted by atomic mass is 10.1. The van der Waals surface area contributed by atoms with Gasteiger partial charge in [-0.15, -0.1) is 11.8 Å². The summed E-state index contributed by atoms with van der Waals surface area (Å²) in [6.07, 6.45) is 3.41. The first-order valence-corrected chi connectivity index (χ1v) is 8.66. The molecule has 0 heterocycles. The van der Waals surface area contributed by atoms with Gasteiger partial charge >= 0.3 is 0 Å². The van der Waals surface area contributed by atoms with E-state index in [-0.39, 0.29) is 0 Å². The summed E-state index contributed by atoms with van der Waals surface area (Å²) in [5.74, 6) is 0.973. The number of thioether (sulfide) groups is 1. The fourth-order valence-electron chi connectivity index (χ4n) is 2.17. The van der Waals surface area contributed by atoms with Crippen molar-refractivity contribution in [2.24, 2.45) is 0 Å². The van der Waals surface area contributed by atoms with E-state index in [1.165, 1.54) is 16.9 Å². The predicted molar refractivity (Wildman–Crippen MR) is 92.2 cm³/mol. The number of hydrogen-bond donors (Lipinski definition) is 0. The summed E-state index contributed by atoms with van der Waals surface area (Å²) in [6, 6.07) is 19.2. The van der Waals surface area contributed by atoms with Crippen molar-refractivity contribution in [2.75, 3.05) is 6.61 Å². The van der Waals surface area contributed by atoms with Gasteiger partial charge in [0, 0.05) is 10.1 Å². The number of hydrogen-bond acceptors (Lipinski definition) is 2. The van der Waals surface area contributed by atoms with Crippen LogP contribution in [-0.2, 0) is 0 Å². The molecule has 1 atom stereocenters. The molecule has 1 nitrogen and oxygen atoms in total. The Balaban J connectivity index is 1.95. The normalized spacial score (nSPS) is 12.1. The first-order chi connectivity index (χ1) is 10.3. The van der Waals surface area contributed by atoms with E-state index >= 15 is 0 Å². The Kier molecular flexibility index (Phi) is 6.68. The maximum atomic E-state index is 5.71. The van der Waals surface area contributed by atoms with Gasteiger partial charge in [-0.3, -0.25) is 0 Å². The standard InChI is InChI=1S/C19H24OS/c1-3-5-15-20-17-11-13-18(14-12-17)21-19(4-2)16-9-7-6-8-10-16/h6-14,19H,3-5,15H2,1-2H3. The Morgan fingerprint density at radius 1 is 0.952 bits per heavy atom. The van der Waals surface area contributed by atoms with E-state index in [1.807, 2.05) is 11.8 Å². The van der Waals surface area contributed by atoms with E-state index in [9.17, 15) is 0 Å². The van der Waals surface area contributed by atoms with Crippen molar-refractivity contribution < 1.29 is 4.74 Å². The minimum absolute atomic E-state index is 0.512. The fourth-order valence-corrected chi connectivity index (χ4v) is 3.25. The molecule has 2 heteroatoms. The van der Waals surface area contributed by atoms with Gasteiger partial charge in [0.15, 0.2) is 0 Å². The summed E-state index contributed by atoms with van der Waals surface area (Å²) < 4.78 is 5.71. The molecule has 0 aliphatic heterocycles. The average Bonchev–Trinajstić information content (AvgIpc) is 2.55. The Hall–Kier alpha value is -1.41. The zero-order chi connectivity index (χ0) is 14.9. The van der Waals surface area contributed by atoms with Gasteiger partial charge in [-0.05, 0) is 42.7 Å². The monoisotopic (exact) mass is 300 g/mol. The molecule has 0 amide bonds. The quantitative estimate of drug-likeness (QED) is 0.430. The van der Waals surface area contributed by atoms with Gasteiger partial charge in [0.25, 0.3) is 0 Å². The van der Waals surface area contributed by atoms with Crippen LogP contribution in [-0.4, -0.2) is 6.61 Å². The molecular weight excluding hydrogens is 276 g/mol. The highest BCUT2D eigenvalue weighted by Crippen LogP contribution is 2.37. The van der Waals surface area contributed by atoms with Gasteiger partial charge in [-0.2, -0.15) is 0 Å². The molecule has 0 bridgehead atoms. The number of rotatable bonds is 8. The Bertz CT molecular complexity index is 507. The van der Waals surface area contributed by atoms with Gasteiger partial charge in [0.05, 0.1) is 6.61 Å². The van der Waals surface area contributed by atoms with Crippen LogP contribution >= 0.6 is 11.8 Å². The van der Waals surface area contributed by atoms with Crippen molar-refractivity contribution in [1.29, 1.82) is 0 Å². The van der Waals surface area contributed by atoms with E-state index in [4.69, 9.17) is 4.74 Å². The van der Waals surface area contributed by atoms with Crippen LogP contribution in [0, 0.1) is 0 Å². The largest absolute Gasteiger partial charge is 0.494 e. The predicted octanol–water partition coefficient (Wildman–Crippen LogP) is 6.11. The maximum Gasteiger partial charge on any atom is 0.119 e. The third kappa shape index (κ3) is 5.13. The summed E-state index contributed by atoms with van der Waals surface area (Å²) >= 11 is 1.92. The van der Waals surface area contributed by atoms with Crippen LogP contribution in [0.25, 0.3) is 0 Å². The second-order valence-corrected chi connectivity index (χ2v) is 6.37. The van der Waals surface area contributed by atoms with Gasteiger partial charge in [-0.25, -0.2) is 0 Å². The van der Waals surface area contributed by atoms with Crippen LogP contribution in [0.1, 0.15) is 43.9 Å². The van der Waals surface area contributed by atoms with Gasteiger partial charge < -0.3 is 4.74 Å². The first-order valence-electron chi connectivity index (χ1n) is 7.78. The van der Waals surface area contributed by atoms with Crippen LogP contribution in [0.4, 0.5) is 0 Å². The summed E-state index contributed by atoms with van der Waals surface area (Å²) in [5, 5.41) is 0.512. The van der Waals surface area contributed by atoms with Crippen LogP contribution in [0.2, 0.25) is 0 Å². The van der Waals surface area contributed by atoms with Crippen molar-refractivity contribution >= 4 is 11.8 Å². The highest BCUT2D eigenvalue weighted by atomic mass is 32.2.